The largest absolute Gasteiger partial charge is 0.496 e. The molecule has 0 aliphatic heterocycles. The van der Waals surface area contributed by atoms with E-state index in [0.29, 0.717) is 11.7 Å². The topological polar surface area (TPSA) is 53.7 Å². The smallest absolute Gasteiger partial charge is 0.210 e. The zero-order chi connectivity index (χ0) is 13.8. The van der Waals surface area contributed by atoms with E-state index in [1.165, 1.54) is 5.56 Å². The van der Waals surface area contributed by atoms with E-state index in [2.05, 4.69) is 13.8 Å². The van der Waals surface area contributed by atoms with Gasteiger partial charge in [0.15, 0.2) is 0 Å². The van der Waals surface area contributed by atoms with Crippen LogP contribution in [0.2, 0.25) is 0 Å². The summed E-state index contributed by atoms with van der Waals surface area (Å²) in [5.74, 6) is 0.170. The van der Waals surface area contributed by atoms with Crippen molar-refractivity contribution in [3.8, 4) is 5.75 Å². The van der Waals surface area contributed by atoms with Crippen molar-refractivity contribution in [1.29, 1.82) is 0 Å². The molecule has 4 heteroatoms. The summed E-state index contributed by atoms with van der Waals surface area (Å²) in [6.45, 7) is 4.49. The molecule has 1 aromatic carbocycles. The molecule has 4 nitrogen and oxygen atoms in total. The predicted molar refractivity (Wildman–Crippen MR) is 71.8 cm³/mol. The molecule has 0 saturated heterocycles. The van der Waals surface area contributed by atoms with Crippen molar-refractivity contribution in [1.82, 2.24) is 0 Å². The molecule has 0 aromatic heterocycles. The Kier molecular flexibility index (Phi) is 5.14. The molecule has 1 aromatic rings. The van der Waals surface area contributed by atoms with Gasteiger partial charge in [-0.2, -0.15) is 0 Å². The lowest BCUT2D eigenvalue weighted by Gasteiger charge is -2.31. The van der Waals surface area contributed by atoms with Gasteiger partial charge in [0.25, 0.3) is 0 Å². The molecular weight excluding hydrogens is 230 g/mol. The van der Waals surface area contributed by atoms with Crippen LogP contribution < -0.4 is 10.5 Å². The molecule has 0 fully saturated rings. The lowest BCUT2D eigenvalue weighted by Crippen LogP contribution is -2.39. The van der Waals surface area contributed by atoms with Crippen LogP contribution in [0.3, 0.4) is 0 Å². The fourth-order valence-electron chi connectivity index (χ4n) is 1.96. The number of benzene rings is 1. The molecule has 0 unspecified atom stereocenters. The maximum Gasteiger partial charge on any atom is 0.210 e. The Morgan fingerprint density at radius 1 is 1.17 bits per heavy atom. The summed E-state index contributed by atoms with van der Waals surface area (Å²) < 4.78 is 16.3. The molecule has 102 valence electrons. The zero-order valence-corrected chi connectivity index (χ0v) is 11.8. The van der Waals surface area contributed by atoms with Crippen LogP contribution in [0.15, 0.2) is 18.2 Å². The minimum absolute atomic E-state index is 0.220. The lowest BCUT2D eigenvalue weighted by atomic mass is 9.96. The van der Waals surface area contributed by atoms with Crippen molar-refractivity contribution >= 4 is 0 Å². The van der Waals surface area contributed by atoms with Gasteiger partial charge in [0.1, 0.15) is 5.75 Å². The Morgan fingerprint density at radius 3 is 2.17 bits per heavy atom. The van der Waals surface area contributed by atoms with Crippen LogP contribution >= 0.6 is 0 Å². The molecule has 0 aliphatic carbocycles. The van der Waals surface area contributed by atoms with Crippen LogP contribution in [-0.4, -0.2) is 27.9 Å². The standard InChI is InChI=1S/C14H23NO3/c1-10(2)11-6-7-13(16-3)12(8-11)14(9-15,17-4)18-5/h6-8,10H,9,15H2,1-5H3. The van der Waals surface area contributed by atoms with Gasteiger partial charge in [-0.05, 0) is 23.6 Å². The number of hydrogen-bond donors (Lipinski definition) is 1. The minimum atomic E-state index is -0.962. The molecule has 0 bridgehead atoms. The summed E-state index contributed by atoms with van der Waals surface area (Å²) in [4.78, 5) is 0. The van der Waals surface area contributed by atoms with Crippen molar-refractivity contribution < 1.29 is 14.2 Å². The molecule has 2 N–H and O–H groups in total. The zero-order valence-electron chi connectivity index (χ0n) is 11.8. The van der Waals surface area contributed by atoms with Gasteiger partial charge in [0.05, 0.1) is 19.2 Å². The molecule has 0 atom stereocenters. The van der Waals surface area contributed by atoms with E-state index in [-0.39, 0.29) is 6.54 Å². The summed E-state index contributed by atoms with van der Waals surface area (Å²) in [5, 5.41) is 0. The molecule has 0 spiro atoms. The van der Waals surface area contributed by atoms with Crippen LogP contribution in [-0.2, 0) is 15.3 Å². The summed E-state index contributed by atoms with van der Waals surface area (Å²) in [5.41, 5.74) is 7.82. The van der Waals surface area contributed by atoms with Crippen molar-refractivity contribution in [3.63, 3.8) is 0 Å². The third-order valence-electron chi connectivity index (χ3n) is 3.23. The monoisotopic (exact) mass is 253 g/mol. The van der Waals surface area contributed by atoms with Gasteiger partial charge in [0, 0.05) is 14.2 Å². The Balaban J connectivity index is 3.38. The Hall–Kier alpha value is -1.10. The molecule has 1 rings (SSSR count). The second-order valence-corrected chi connectivity index (χ2v) is 4.48. The van der Waals surface area contributed by atoms with Gasteiger partial charge in [-0.15, -0.1) is 0 Å². The summed E-state index contributed by atoms with van der Waals surface area (Å²) >= 11 is 0. The fraction of sp³-hybridized carbons (Fsp3) is 0.571. The van der Waals surface area contributed by atoms with Crippen molar-refractivity contribution in [2.45, 2.75) is 25.6 Å². The highest BCUT2D eigenvalue weighted by Crippen LogP contribution is 2.35. The highest BCUT2D eigenvalue weighted by atomic mass is 16.7. The van der Waals surface area contributed by atoms with Crippen molar-refractivity contribution in [2.24, 2.45) is 5.73 Å². The first kappa shape index (κ1) is 15.0. The molecular formula is C14H23NO3. The van der Waals surface area contributed by atoms with E-state index in [0.717, 1.165) is 5.56 Å². The molecule has 0 amide bonds. The first-order chi connectivity index (χ1) is 8.54. The molecule has 0 aliphatic rings. The Labute approximate surface area is 109 Å². The number of hydrogen-bond acceptors (Lipinski definition) is 4. The van der Waals surface area contributed by atoms with Crippen LogP contribution in [0.1, 0.15) is 30.9 Å². The third kappa shape index (κ3) is 2.66. The average molecular weight is 253 g/mol. The summed E-state index contributed by atoms with van der Waals surface area (Å²) in [6, 6.07) is 6.00. The quantitative estimate of drug-likeness (QED) is 0.790. The van der Waals surface area contributed by atoms with Crippen LogP contribution in [0.5, 0.6) is 5.75 Å². The number of methoxy groups -OCH3 is 3. The summed E-state index contributed by atoms with van der Waals surface area (Å²) in [7, 11) is 4.79. The lowest BCUT2D eigenvalue weighted by molar-refractivity contribution is -0.208. The first-order valence-corrected chi connectivity index (χ1v) is 6.03. The van der Waals surface area contributed by atoms with E-state index in [4.69, 9.17) is 19.9 Å². The van der Waals surface area contributed by atoms with Gasteiger partial charge < -0.3 is 19.9 Å². The maximum atomic E-state index is 5.81. The highest BCUT2D eigenvalue weighted by molar-refractivity contribution is 5.41. The molecule has 18 heavy (non-hydrogen) atoms. The normalized spacial score (nSPS) is 11.9. The average Bonchev–Trinajstić information content (AvgIpc) is 2.41. The highest BCUT2D eigenvalue weighted by Gasteiger charge is 2.34. The Morgan fingerprint density at radius 2 is 1.78 bits per heavy atom. The van der Waals surface area contributed by atoms with Crippen LogP contribution in [0, 0.1) is 0 Å². The predicted octanol–water partition coefficient (Wildman–Crippen LogP) is 2.22. The number of nitrogens with two attached hydrogens (primary N) is 1. The maximum absolute atomic E-state index is 5.81. The van der Waals surface area contributed by atoms with E-state index in [9.17, 15) is 0 Å². The van der Waals surface area contributed by atoms with Gasteiger partial charge in [-0.3, -0.25) is 0 Å². The van der Waals surface area contributed by atoms with Gasteiger partial charge in [0.2, 0.25) is 5.79 Å². The van der Waals surface area contributed by atoms with E-state index >= 15 is 0 Å². The van der Waals surface area contributed by atoms with Gasteiger partial charge >= 0.3 is 0 Å². The first-order valence-electron chi connectivity index (χ1n) is 6.03. The van der Waals surface area contributed by atoms with Crippen LogP contribution in [0.25, 0.3) is 0 Å². The Bertz CT molecular complexity index is 378. The summed E-state index contributed by atoms with van der Waals surface area (Å²) in [6.07, 6.45) is 0. The van der Waals surface area contributed by atoms with E-state index < -0.39 is 5.79 Å². The van der Waals surface area contributed by atoms with E-state index in [1.807, 2.05) is 18.2 Å². The molecule has 0 radical (unpaired) electrons. The molecule has 0 heterocycles. The minimum Gasteiger partial charge on any atom is -0.496 e. The third-order valence-corrected chi connectivity index (χ3v) is 3.23. The number of rotatable bonds is 6. The fourth-order valence-corrected chi connectivity index (χ4v) is 1.96. The number of ether oxygens (including phenoxy) is 3. The second kappa shape index (κ2) is 6.18. The van der Waals surface area contributed by atoms with Gasteiger partial charge in [-0.25, -0.2) is 0 Å². The SMILES string of the molecule is COc1ccc(C(C)C)cc1C(CN)(OC)OC. The van der Waals surface area contributed by atoms with Crippen molar-refractivity contribution in [3.05, 3.63) is 29.3 Å². The second-order valence-electron chi connectivity index (χ2n) is 4.48. The van der Waals surface area contributed by atoms with Gasteiger partial charge in [-0.1, -0.05) is 19.9 Å². The van der Waals surface area contributed by atoms with E-state index in [1.54, 1.807) is 21.3 Å². The van der Waals surface area contributed by atoms with Crippen molar-refractivity contribution in [2.75, 3.05) is 27.9 Å². The van der Waals surface area contributed by atoms with Crippen LogP contribution in [0.4, 0.5) is 0 Å². The molecule has 0 saturated carbocycles.